The maximum Gasteiger partial charge on any atom is 0.131 e. The van der Waals surface area contributed by atoms with E-state index in [1.807, 2.05) is 30.3 Å². The summed E-state index contributed by atoms with van der Waals surface area (Å²) in [5, 5.41) is 2.38. The highest BCUT2D eigenvalue weighted by atomic mass is 16.5. The van der Waals surface area contributed by atoms with E-state index < -0.39 is 0 Å². The van der Waals surface area contributed by atoms with E-state index in [0.717, 1.165) is 17.1 Å². The summed E-state index contributed by atoms with van der Waals surface area (Å²) < 4.78 is 5.98. The molecule has 0 aromatic heterocycles. The zero-order valence-corrected chi connectivity index (χ0v) is 11.5. The summed E-state index contributed by atoms with van der Waals surface area (Å²) in [4.78, 5) is 0. The van der Waals surface area contributed by atoms with Crippen LogP contribution in [0, 0.1) is 6.92 Å². The predicted octanol–water partition coefficient (Wildman–Crippen LogP) is 4.40. The zero-order valence-electron chi connectivity index (χ0n) is 11.5. The maximum absolute atomic E-state index is 5.98. The van der Waals surface area contributed by atoms with Crippen LogP contribution in [0.3, 0.4) is 0 Å². The molecule has 0 fully saturated rings. The van der Waals surface area contributed by atoms with E-state index in [4.69, 9.17) is 10.5 Å². The third-order valence-electron chi connectivity index (χ3n) is 3.38. The Morgan fingerprint density at radius 2 is 1.70 bits per heavy atom. The van der Waals surface area contributed by atoms with Crippen molar-refractivity contribution >= 4 is 10.8 Å². The van der Waals surface area contributed by atoms with Crippen molar-refractivity contribution in [3.05, 3.63) is 71.8 Å². The first kappa shape index (κ1) is 12.7. The Hall–Kier alpha value is -2.32. The molecule has 100 valence electrons. The lowest BCUT2D eigenvalue weighted by Gasteiger charge is -2.11. The minimum absolute atomic E-state index is 0.477. The first-order valence-corrected chi connectivity index (χ1v) is 6.72. The number of fused-ring (bicyclic) bond motifs is 1. The Morgan fingerprint density at radius 1 is 0.900 bits per heavy atom. The molecule has 3 rings (SSSR count). The second-order valence-corrected chi connectivity index (χ2v) is 4.93. The second-order valence-electron chi connectivity index (χ2n) is 4.93. The molecule has 3 aromatic rings. The maximum atomic E-state index is 5.98. The van der Waals surface area contributed by atoms with Crippen molar-refractivity contribution in [1.82, 2.24) is 0 Å². The quantitative estimate of drug-likeness (QED) is 0.760. The summed E-state index contributed by atoms with van der Waals surface area (Å²) in [5.41, 5.74) is 8.00. The van der Waals surface area contributed by atoms with Gasteiger partial charge >= 0.3 is 0 Å². The van der Waals surface area contributed by atoms with Crippen LogP contribution in [-0.2, 0) is 6.54 Å². The van der Waals surface area contributed by atoms with Gasteiger partial charge in [0.05, 0.1) is 0 Å². The average Bonchev–Trinajstić information content (AvgIpc) is 2.49. The lowest BCUT2D eigenvalue weighted by molar-refractivity contribution is 0.477. The van der Waals surface area contributed by atoms with Crippen LogP contribution < -0.4 is 10.5 Å². The summed E-state index contributed by atoms with van der Waals surface area (Å²) in [6.07, 6.45) is 0. The Kier molecular flexibility index (Phi) is 3.40. The number of nitrogens with two attached hydrogens (primary N) is 1. The van der Waals surface area contributed by atoms with Crippen molar-refractivity contribution in [2.75, 3.05) is 0 Å². The van der Waals surface area contributed by atoms with Gasteiger partial charge < -0.3 is 10.5 Å². The Balaban J connectivity index is 1.96. The van der Waals surface area contributed by atoms with Crippen LogP contribution in [0.4, 0.5) is 0 Å². The van der Waals surface area contributed by atoms with Gasteiger partial charge in [0, 0.05) is 12.1 Å². The van der Waals surface area contributed by atoms with Gasteiger partial charge in [-0.2, -0.15) is 0 Å². The largest absolute Gasteiger partial charge is 0.457 e. The van der Waals surface area contributed by atoms with Crippen molar-refractivity contribution in [1.29, 1.82) is 0 Å². The highest BCUT2D eigenvalue weighted by Crippen LogP contribution is 2.28. The smallest absolute Gasteiger partial charge is 0.131 e. The van der Waals surface area contributed by atoms with E-state index in [0.29, 0.717) is 6.54 Å². The van der Waals surface area contributed by atoms with Gasteiger partial charge in [-0.1, -0.05) is 48.0 Å². The number of aryl methyl sites for hydroxylation is 1. The SMILES string of the molecule is Cc1ccc(Oc2ccc3ccccc3c2)c(CN)c1. The molecular formula is C18H17NO. The molecular weight excluding hydrogens is 246 g/mol. The third-order valence-corrected chi connectivity index (χ3v) is 3.38. The van der Waals surface area contributed by atoms with Crippen LogP contribution in [0.1, 0.15) is 11.1 Å². The fraction of sp³-hybridized carbons (Fsp3) is 0.111. The van der Waals surface area contributed by atoms with E-state index in [1.165, 1.54) is 16.3 Å². The molecule has 0 saturated heterocycles. The Morgan fingerprint density at radius 3 is 2.50 bits per heavy atom. The highest BCUT2D eigenvalue weighted by Gasteiger charge is 2.04. The van der Waals surface area contributed by atoms with Gasteiger partial charge in [0.1, 0.15) is 11.5 Å². The monoisotopic (exact) mass is 263 g/mol. The van der Waals surface area contributed by atoms with Crippen molar-refractivity contribution in [2.24, 2.45) is 5.73 Å². The lowest BCUT2D eigenvalue weighted by atomic mass is 10.1. The predicted molar refractivity (Wildman–Crippen MR) is 83.1 cm³/mol. The van der Waals surface area contributed by atoms with Gasteiger partial charge in [0.2, 0.25) is 0 Å². The molecule has 2 nitrogen and oxygen atoms in total. The summed E-state index contributed by atoms with van der Waals surface area (Å²) in [5.74, 6) is 1.66. The van der Waals surface area contributed by atoms with Gasteiger partial charge in [0.25, 0.3) is 0 Å². The molecule has 0 amide bonds. The van der Waals surface area contributed by atoms with Gasteiger partial charge in [-0.05, 0) is 35.9 Å². The van der Waals surface area contributed by atoms with Crippen LogP contribution >= 0.6 is 0 Å². The normalized spacial score (nSPS) is 10.7. The summed E-state index contributed by atoms with van der Waals surface area (Å²) in [6.45, 7) is 2.53. The number of benzene rings is 3. The molecule has 0 atom stereocenters. The third kappa shape index (κ3) is 2.51. The molecule has 2 N–H and O–H groups in total. The first-order chi connectivity index (χ1) is 9.76. The van der Waals surface area contributed by atoms with E-state index in [2.05, 4.69) is 37.3 Å². The fourth-order valence-electron chi connectivity index (χ4n) is 2.33. The molecule has 0 aliphatic carbocycles. The molecule has 0 bridgehead atoms. The topological polar surface area (TPSA) is 35.2 Å². The van der Waals surface area contributed by atoms with Gasteiger partial charge in [-0.3, -0.25) is 0 Å². The van der Waals surface area contributed by atoms with E-state index >= 15 is 0 Å². The molecule has 0 aliphatic rings. The average molecular weight is 263 g/mol. The number of ether oxygens (including phenoxy) is 1. The number of hydrogen-bond donors (Lipinski definition) is 1. The highest BCUT2D eigenvalue weighted by molar-refractivity contribution is 5.83. The van der Waals surface area contributed by atoms with Gasteiger partial charge in [-0.25, -0.2) is 0 Å². The van der Waals surface area contributed by atoms with Crippen LogP contribution in [0.15, 0.2) is 60.7 Å². The van der Waals surface area contributed by atoms with Crippen LogP contribution in [0.2, 0.25) is 0 Å². The summed E-state index contributed by atoms with van der Waals surface area (Å²) >= 11 is 0. The lowest BCUT2D eigenvalue weighted by Crippen LogP contribution is -1.99. The molecule has 2 heteroatoms. The van der Waals surface area contributed by atoms with E-state index in [1.54, 1.807) is 0 Å². The van der Waals surface area contributed by atoms with Crippen LogP contribution in [0.5, 0.6) is 11.5 Å². The first-order valence-electron chi connectivity index (χ1n) is 6.72. The van der Waals surface area contributed by atoms with Crippen molar-refractivity contribution < 1.29 is 4.74 Å². The molecule has 0 saturated carbocycles. The van der Waals surface area contributed by atoms with E-state index in [9.17, 15) is 0 Å². The zero-order chi connectivity index (χ0) is 13.9. The van der Waals surface area contributed by atoms with Crippen molar-refractivity contribution in [2.45, 2.75) is 13.5 Å². The Bertz CT molecular complexity index is 749. The molecule has 0 radical (unpaired) electrons. The number of rotatable bonds is 3. The molecule has 0 spiro atoms. The second kappa shape index (κ2) is 5.35. The standard InChI is InChI=1S/C18H17NO/c1-13-6-9-18(16(10-13)12-19)20-17-8-7-14-4-2-3-5-15(14)11-17/h2-11H,12,19H2,1H3. The fourth-order valence-corrected chi connectivity index (χ4v) is 2.33. The molecule has 0 unspecified atom stereocenters. The van der Waals surface area contributed by atoms with E-state index in [-0.39, 0.29) is 0 Å². The summed E-state index contributed by atoms with van der Waals surface area (Å²) in [7, 11) is 0. The molecule has 0 heterocycles. The molecule has 0 aliphatic heterocycles. The van der Waals surface area contributed by atoms with Crippen LogP contribution in [0.25, 0.3) is 10.8 Å². The Labute approximate surface area is 118 Å². The van der Waals surface area contributed by atoms with Gasteiger partial charge in [-0.15, -0.1) is 0 Å². The van der Waals surface area contributed by atoms with Crippen molar-refractivity contribution in [3.8, 4) is 11.5 Å². The van der Waals surface area contributed by atoms with Gasteiger partial charge in [0.15, 0.2) is 0 Å². The minimum atomic E-state index is 0.477. The molecule has 3 aromatic carbocycles. The minimum Gasteiger partial charge on any atom is -0.457 e. The summed E-state index contributed by atoms with van der Waals surface area (Å²) in [6, 6.07) is 20.4. The number of hydrogen-bond acceptors (Lipinski definition) is 2. The van der Waals surface area contributed by atoms with Crippen molar-refractivity contribution in [3.63, 3.8) is 0 Å². The van der Waals surface area contributed by atoms with Crippen LogP contribution in [-0.4, -0.2) is 0 Å². The molecule has 20 heavy (non-hydrogen) atoms.